The molecule has 2 aromatic rings. The van der Waals surface area contributed by atoms with E-state index < -0.39 is 0 Å². The molecule has 0 fully saturated rings. The van der Waals surface area contributed by atoms with Crippen molar-refractivity contribution in [1.29, 1.82) is 0 Å². The summed E-state index contributed by atoms with van der Waals surface area (Å²) in [7, 11) is 0. The number of para-hydroxylation sites is 1. The minimum atomic E-state index is -0.177. The van der Waals surface area contributed by atoms with Gasteiger partial charge in [-0.1, -0.05) is 43.3 Å². The van der Waals surface area contributed by atoms with Crippen molar-refractivity contribution in [2.24, 2.45) is 5.73 Å². The van der Waals surface area contributed by atoms with Crippen LogP contribution in [0.3, 0.4) is 0 Å². The fraction of sp³-hybridized carbons (Fsp3) is 0.333. The van der Waals surface area contributed by atoms with Gasteiger partial charge in [0.15, 0.2) is 0 Å². The van der Waals surface area contributed by atoms with Crippen LogP contribution in [0, 0.1) is 0 Å². The Morgan fingerprint density at radius 2 is 1.95 bits per heavy atom. The van der Waals surface area contributed by atoms with Crippen molar-refractivity contribution in [3.05, 3.63) is 64.7 Å². The summed E-state index contributed by atoms with van der Waals surface area (Å²) in [5, 5.41) is 0. The van der Waals surface area contributed by atoms with E-state index in [2.05, 4.69) is 25.1 Å². The molecule has 0 bridgehead atoms. The lowest BCUT2D eigenvalue weighted by molar-refractivity contribution is 0.134. The first-order valence-corrected chi connectivity index (χ1v) is 7.46. The second-order valence-corrected chi connectivity index (χ2v) is 5.38. The molecular formula is C18H21NO2. The highest BCUT2D eigenvalue weighted by Crippen LogP contribution is 2.30. The molecule has 3 heteroatoms. The van der Waals surface area contributed by atoms with Crippen LogP contribution in [0.5, 0.6) is 5.75 Å². The molecule has 0 radical (unpaired) electrons. The van der Waals surface area contributed by atoms with Gasteiger partial charge < -0.3 is 15.2 Å². The van der Waals surface area contributed by atoms with Crippen LogP contribution in [-0.4, -0.2) is 6.61 Å². The van der Waals surface area contributed by atoms with E-state index in [1.807, 2.05) is 24.3 Å². The zero-order chi connectivity index (χ0) is 14.7. The van der Waals surface area contributed by atoms with E-state index in [0.29, 0.717) is 19.8 Å². The van der Waals surface area contributed by atoms with Crippen LogP contribution < -0.4 is 10.5 Å². The molecule has 1 heterocycles. The standard InChI is InChI=1S/C18H21NO2/c1-2-9-21-17-6-4-3-5-16(17)18(19)13-7-8-14-11-20-12-15(14)10-13/h3-8,10,18H,2,9,11-12,19H2,1H3. The third-order valence-corrected chi connectivity index (χ3v) is 3.82. The number of rotatable bonds is 5. The van der Waals surface area contributed by atoms with Gasteiger partial charge >= 0.3 is 0 Å². The van der Waals surface area contributed by atoms with Crippen molar-refractivity contribution in [3.8, 4) is 5.75 Å². The van der Waals surface area contributed by atoms with Crippen molar-refractivity contribution >= 4 is 0 Å². The topological polar surface area (TPSA) is 44.5 Å². The number of fused-ring (bicyclic) bond motifs is 1. The van der Waals surface area contributed by atoms with Gasteiger partial charge in [0.1, 0.15) is 5.75 Å². The zero-order valence-electron chi connectivity index (χ0n) is 12.3. The van der Waals surface area contributed by atoms with Crippen LogP contribution in [0.4, 0.5) is 0 Å². The molecule has 1 aliphatic rings. The van der Waals surface area contributed by atoms with Crippen molar-refractivity contribution in [2.75, 3.05) is 6.61 Å². The van der Waals surface area contributed by atoms with Gasteiger partial charge in [-0.15, -0.1) is 0 Å². The van der Waals surface area contributed by atoms with Gasteiger partial charge in [-0.25, -0.2) is 0 Å². The normalized spacial score (nSPS) is 14.8. The molecule has 110 valence electrons. The molecule has 0 aliphatic carbocycles. The summed E-state index contributed by atoms with van der Waals surface area (Å²) < 4.78 is 11.3. The number of benzene rings is 2. The van der Waals surface area contributed by atoms with Gasteiger partial charge in [0, 0.05) is 5.56 Å². The molecule has 1 unspecified atom stereocenters. The molecule has 0 saturated heterocycles. The maximum atomic E-state index is 6.46. The van der Waals surface area contributed by atoms with E-state index in [9.17, 15) is 0 Å². The van der Waals surface area contributed by atoms with E-state index in [1.54, 1.807) is 0 Å². The summed E-state index contributed by atoms with van der Waals surface area (Å²) in [4.78, 5) is 0. The third-order valence-electron chi connectivity index (χ3n) is 3.82. The monoisotopic (exact) mass is 283 g/mol. The summed E-state index contributed by atoms with van der Waals surface area (Å²) in [5.41, 5.74) is 11.1. The quantitative estimate of drug-likeness (QED) is 0.912. The van der Waals surface area contributed by atoms with E-state index in [4.69, 9.17) is 15.2 Å². The maximum absolute atomic E-state index is 6.46. The molecule has 0 aromatic heterocycles. The van der Waals surface area contributed by atoms with Crippen molar-refractivity contribution in [1.82, 2.24) is 0 Å². The van der Waals surface area contributed by atoms with E-state index >= 15 is 0 Å². The lowest BCUT2D eigenvalue weighted by atomic mass is 9.96. The van der Waals surface area contributed by atoms with E-state index in [1.165, 1.54) is 11.1 Å². The number of hydrogen-bond acceptors (Lipinski definition) is 3. The van der Waals surface area contributed by atoms with E-state index in [-0.39, 0.29) is 6.04 Å². The van der Waals surface area contributed by atoms with Gasteiger partial charge in [-0.2, -0.15) is 0 Å². The Morgan fingerprint density at radius 3 is 2.81 bits per heavy atom. The lowest BCUT2D eigenvalue weighted by Crippen LogP contribution is -2.14. The van der Waals surface area contributed by atoms with Crippen molar-refractivity contribution < 1.29 is 9.47 Å². The number of hydrogen-bond donors (Lipinski definition) is 1. The fourth-order valence-electron chi connectivity index (χ4n) is 2.65. The summed E-state index contributed by atoms with van der Waals surface area (Å²) in [5.74, 6) is 0.878. The predicted molar refractivity (Wildman–Crippen MR) is 83.2 cm³/mol. The smallest absolute Gasteiger partial charge is 0.124 e. The molecular weight excluding hydrogens is 262 g/mol. The minimum Gasteiger partial charge on any atom is -0.493 e. The fourth-order valence-corrected chi connectivity index (χ4v) is 2.65. The Bertz CT molecular complexity index is 624. The average molecular weight is 283 g/mol. The Labute approximate surface area is 125 Å². The second-order valence-electron chi connectivity index (χ2n) is 5.38. The molecule has 0 spiro atoms. The second kappa shape index (κ2) is 6.29. The molecule has 1 aliphatic heterocycles. The molecule has 3 rings (SSSR count). The zero-order valence-corrected chi connectivity index (χ0v) is 12.3. The van der Waals surface area contributed by atoms with Crippen LogP contribution in [-0.2, 0) is 18.0 Å². The van der Waals surface area contributed by atoms with Gasteiger partial charge in [0.2, 0.25) is 0 Å². The van der Waals surface area contributed by atoms with Gasteiger partial charge in [-0.05, 0) is 29.2 Å². The summed E-state index contributed by atoms with van der Waals surface area (Å²) in [6, 6.07) is 14.2. The molecule has 2 aromatic carbocycles. The maximum Gasteiger partial charge on any atom is 0.124 e. The Kier molecular flexibility index (Phi) is 4.23. The number of nitrogens with two attached hydrogens (primary N) is 1. The van der Waals surface area contributed by atoms with Crippen molar-refractivity contribution in [3.63, 3.8) is 0 Å². The number of ether oxygens (including phenoxy) is 2. The Morgan fingerprint density at radius 1 is 1.14 bits per heavy atom. The van der Waals surface area contributed by atoms with Crippen molar-refractivity contribution in [2.45, 2.75) is 32.6 Å². The first-order valence-electron chi connectivity index (χ1n) is 7.46. The molecule has 2 N–H and O–H groups in total. The predicted octanol–water partition coefficient (Wildman–Crippen LogP) is 3.55. The summed E-state index contributed by atoms with van der Waals surface area (Å²) in [6.07, 6.45) is 0.986. The Balaban J connectivity index is 1.89. The van der Waals surface area contributed by atoms with Crippen LogP contribution in [0.15, 0.2) is 42.5 Å². The largest absolute Gasteiger partial charge is 0.493 e. The molecule has 1 atom stereocenters. The molecule has 21 heavy (non-hydrogen) atoms. The Hall–Kier alpha value is -1.84. The molecule has 0 saturated carbocycles. The molecule has 3 nitrogen and oxygen atoms in total. The molecule has 0 amide bonds. The lowest BCUT2D eigenvalue weighted by Gasteiger charge is -2.18. The van der Waals surface area contributed by atoms with Crippen LogP contribution in [0.25, 0.3) is 0 Å². The van der Waals surface area contributed by atoms with Gasteiger partial charge in [0.05, 0.1) is 25.9 Å². The highest BCUT2D eigenvalue weighted by atomic mass is 16.5. The summed E-state index contributed by atoms with van der Waals surface area (Å²) in [6.45, 7) is 4.20. The van der Waals surface area contributed by atoms with Crippen LogP contribution in [0.1, 0.15) is 41.6 Å². The third kappa shape index (κ3) is 2.94. The average Bonchev–Trinajstić information content (AvgIpc) is 3.00. The summed E-state index contributed by atoms with van der Waals surface area (Å²) >= 11 is 0. The minimum absolute atomic E-state index is 0.177. The first kappa shape index (κ1) is 14.1. The van der Waals surface area contributed by atoms with E-state index in [0.717, 1.165) is 23.3 Å². The highest BCUT2D eigenvalue weighted by molar-refractivity contribution is 5.43. The van der Waals surface area contributed by atoms with Gasteiger partial charge in [0.25, 0.3) is 0 Å². The van der Waals surface area contributed by atoms with Crippen LogP contribution in [0.2, 0.25) is 0 Å². The first-order chi connectivity index (χ1) is 10.3. The highest BCUT2D eigenvalue weighted by Gasteiger charge is 2.17. The SMILES string of the molecule is CCCOc1ccccc1C(N)c1ccc2c(c1)COC2. The van der Waals surface area contributed by atoms with Gasteiger partial charge in [-0.3, -0.25) is 0 Å². The van der Waals surface area contributed by atoms with Crippen LogP contribution >= 0.6 is 0 Å².